The van der Waals surface area contributed by atoms with Crippen molar-refractivity contribution in [3.8, 4) is 0 Å². The van der Waals surface area contributed by atoms with Crippen LogP contribution >= 0.6 is 0 Å². The molecule has 1 unspecified atom stereocenters. The van der Waals surface area contributed by atoms with E-state index in [1.807, 2.05) is 30.3 Å². The summed E-state index contributed by atoms with van der Waals surface area (Å²) in [6, 6.07) is 9.90. The number of amides is 3. The van der Waals surface area contributed by atoms with E-state index in [1.54, 1.807) is 0 Å². The summed E-state index contributed by atoms with van der Waals surface area (Å²) in [5, 5.41) is 5.24. The van der Waals surface area contributed by atoms with Gasteiger partial charge in [0.2, 0.25) is 27.7 Å². The maximum Gasteiger partial charge on any atom is 0.247 e. The lowest BCUT2D eigenvalue weighted by atomic mass is 9.96. The summed E-state index contributed by atoms with van der Waals surface area (Å²) in [4.78, 5) is 38.0. The van der Waals surface area contributed by atoms with Crippen molar-refractivity contribution in [3.05, 3.63) is 35.9 Å². The molecule has 29 heavy (non-hydrogen) atoms. The molecule has 0 saturated carbocycles. The Balaban J connectivity index is 1.83. The van der Waals surface area contributed by atoms with E-state index in [0.717, 1.165) is 23.4 Å². The fraction of sp³-hybridized carbons (Fsp3) is 0.526. The predicted octanol–water partition coefficient (Wildman–Crippen LogP) is -0.656. The van der Waals surface area contributed by atoms with Crippen LogP contribution in [-0.4, -0.2) is 80.4 Å². The third kappa shape index (κ3) is 6.01. The summed E-state index contributed by atoms with van der Waals surface area (Å²) >= 11 is 0. The number of aryl methyl sites for hydroxylation is 1. The van der Waals surface area contributed by atoms with Gasteiger partial charge in [0.15, 0.2) is 0 Å². The summed E-state index contributed by atoms with van der Waals surface area (Å²) in [5.41, 5.74) is -0.213. The molecule has 1 aromatic rings. The van der Waals surface area contributed by atoms with Crippen LogP contribution in [0, 0.1) is 0 Å². The molecule has 1 aromatic carbocycles. The maximum atomic E-state index is 12.7. The molecule has 160 valence electrons. The number of nitrogens with one attached hydrogen (secondary N) is 2. The van der Waals surface area contributed by atoms with Crippen molar-refractivity contribution in [2.45, 2.75) is 25.3 Å². The summed E-state index contributed by atoms with van der Waals surface area (Å²) in [7, 11) is -2.18. The molecular formula is C19H28N4O5S. The average molecular weight is 425 g/mol. The first kappa shape index (κ1) is 22.8. The second-order valence-corrected chi connectivity index (χ2v) is 9.36. The third-order valence-electron chi connectivity index (χ3n) is 5.09. The fourth-order valence-corrected chi connectivity index (χ4v) is 3.91. The first-order valence-electron chi connectivity index (χ1n) is 9.35. The van der Waals surface area contributed by atoms with Gasteiger partial charge in [0.1, 0.15) is 5.54 Å². The van der Waals surface area contributed by atoms with Crippen molar-refractivity contribution in [1.82, 2.24) is 19.8 Å². The molecule has 0 spiro atoms. The van der Waals surface area contributed by atoms with E-state index in [9.17, 15) is 22.8 Å². The van der Waals surface area contributed by atoms with Gasteiger partial charge in [-0.1, -0.05) is 30.3 Å². The predicted molar refractivity (Wildman–Crippen MR) is 108 cm³/mol. The van der Waals surface area contributed by atoms with Crippen molar-refractivity contribution in [2.75, 3.05) is 39.5 Å². The molecule has 1 atom stereocenters. The van der Waals surface area contributed by atoms with Crippen LogP contribution in [0.25, 0.3) is 0 Å². The number of carbonyl (C=O) groups excluding carboxylic acids is 3. The van der Waals surface area contributed by atoms with Crippen molar-refractivity contribution < 1.29 is 22.8 Å². The highest BCUT2D eigenvalue weighted by molar-refractivity contribution is 7.88. The Kier molecular flexibility index (Phi) is 7.37. The maximum absolute atomic E-state index is 12.7. The second-order valence-electron chi connectivity index (χ2n) is 7.38. The summed E-state index contributed by atoms with van der Waals surface area (Å²) in [6.45, 7) is 1.23. The van der Waals surface area contributed by atoms with E-state index in [0.29, 0.717) is 6.54 Å². The molecule has 1 heterocycles. The zero-order chi connectivity index (χ0) is 21.7. The molecule has 0 aromatic heterocycles. The first-order chi connectivity index (χ1) is 13.5. The molecule has 0 radical (unpaired) electrons. The molecule has 0 aliphatic carbocycles. The molecule has 2 rings (SSSR count). The molecule has 9 nitrogen and oxygen atoms in total. The summed E-state index contributed by atoms with van der Waals surface area (Å²) < 4.78 is 24.6. The number of sulfonamides is 1. The van der Waals surface area contributed by atoms with Gasteiger partial charge in [-0.2, -0.15) is 4.31 Å². The number of benzene rings is 1. The van der Waals surface area contributed by atoms with Crippen LogP contribution in [0.2, 0.25) is 0 Å². The smallest absolute Gasteiger partial charge is 0.247 e. The minimum Gasteiger partial charge on any atom is -0.355 e. The average Bonchev–Trinajstić information content (AvgIpc) is 2.67. The molecular weight excluding hydrogens is 396 g/mol. The molecule has 2 N–H and O–H groups in total. The largest absolute Gasteiger partial charge is 0.355 e. The summed E-state index contributed by atoms with van der Waals surface area (Å²) in [5.74, 6) is -1.41. The lowest BCUT2D eigenvalue weighted by Crippen LogP contribution is -2.68. The highest BCUT2D eigenvalue weighted by Crippen LogP contribution is 2.22. The van der Waals surface area contributed by atoms with Crippen molar-refractivity contribution >= 4 is 27.7 Å². The topological polar surface area (TPSA) is 116 Å². The normalized spacial score (nSPS) is 20.4. The quantitative estimate of drug-likeness (QED) is 0.538. The highest BCUT2D eigenvalue weighted by atomic mass is 32.2. The zero-order valence-corrected chi connectivity index (χ0v) is 17.8. The van der Waals surface area contributed by atoms with E-state index < -0.39 is 27.4 Å². The highest BCUT2D eigenvalue weighted by Gasteiger charge is 2.47. The van der Waals surface area contributed by atoms with Gasteiger partial charge < -0.3 is 15.5 Å². The van der Waals surface area contributed by atoms with E-state index >= 15 is 0 Å². The number of nitrogens with zero attached hydrogens (tertiary/aromatic N) is 2. The number of hydrogen-bond donors (Lipinski definition) is 2. The van der Waals surface area contributed by atoms with E-state index in [2.05, 4.69) is 10.6 Å². The van der Waals surface area contributed by atoms with Crippen LogP contribution in [0.4, 0.5) is 0 Å². The van der Waals surface area contributed by atoms with Crippen LogP contribution in [-0.2, 0) is 30.8 Å². The molecule has 1 aliphatic heterocycles. The number of carbonyl (C=O) groups is 3. The second kappa shape index (κ2) is 9.36. The molecule has 1 aliphatic rings. The van der Waals surface area contributed by atoms with Crippen molar-refractivity contribution in [2.24, 2.45) is 0 Å². The first-order valence-corrected chi connectivity index (χ1v) is 11.2. The van der Waals surface area contributed by atoms with Gasteiger partial charge >= 0.3 is 0 Å². The molecule has 1 fully saturated rings. The van der Waals surface area contributed by atoms with E-state index in [1.165, 1.54) is 24.4 Å². The Morgan fingerprint density at radius 2 is 1.83 bits per heavy atom. The zero-order valence-electron chi connectivity index (χ0n) is 17.0. The van der Waals surface area contributed by atoms with Gasteiger partial charge in [0, 0.05) is 20.1 Å². The minimum atomic E-state index is -3.63. The van der Waals surface area contributed by atoms with Gasteiger partial charge in [-0.05, 0) is 25.3 Å². The van der Waals surface area contributed by atoms with Crippen LogP contribution in [0.5, 0.6) is 0 Å². The van der Waals surface area contributed by atoms with Gasteiger partial charge in [-0.25, -0.2) is 8.42 Å². The standard InChI is InChI=1S/C19H28N4O5S/c1-19(14-23(29(3,27)28)13-17(25)22(19)2)18(26)21-12-16(24)20-11-7-10-15-8-5-4-6-9-15/h4-6,8-9H,7,10-14H2,1-3H3,(H,20,24)(H,21,26). The molecule has 3 amide bonds. The Labute approximate surface area is 171 Å². The Bertz CT molecular complexity index is 859. The van der Waals surface area contributed by atoms with Gasteiger partial charge in [0.25, 0.3) is 0 Å². The Morgan fingerprint density at radius 1 is 1.17 bits per heavy atom. The van der Waals surface area contributed by atoms with Crippen LogP contribution in [0.1, 0.15) is 18.9 Å². The van der Waals surface area contributed by atoms with Gasteiger partial charge in [0.05, 0.1) is 19.3 Å². The molecule has 1 saturated heterocycles. The van der Waals surface area contributed by atoms with Gasteiger partial charge in [-0.15, -0.1) is 0 Å². The molecule has 0 bridgehead atoms. The lowest BCUT2D eigenvalue weighted by molar-refractivity contribution is -0.150. The third-order valence-corrected chi connectivity index (χ3v) is 6.28. The van der Waals surface area contributed by atoms with Gasteiger partial charge in [-0.3, -0.25) is 14.4 Å². The number of rotatable bonds is 8. The van der Waals surface area contributed by atoms with E-state index in [4.69, 9.17) is 0 Å². The van der Waals surface area contributed by atoms with Crippen LogP contribution in [0.3, 0.4) is 0 Å². The number of likely N-dealkylation sites (N-methyl/N-ethyl adjacent to an activating group) is 1. The monoisotopic (exact) mass is 424 g/mol. The lowest BCUT2D eigenvalue weighted by Gasteiger charge is -2.44. The molecule has 10 heteroatoms. The van der Waals surface area contributed by atoms with Crippen molar-refractivity contribution in [3.63, 3.8) is 0 Å². The number of hydrogen-bond acceptors (Lipinski definition) is 5. The minimum absolute atomic E-state index is 0.168. The number of piperazine rings is 1. The van der Waals surface area contributed by atoms with Crippen molar-refractivity contribution in [1.29, 1.82) is 0 Å². The fourth-order valence-electron chi connectivity index (χ4n) is 3.07. The van der Waals surface area contributed by atoms with Crippen LogP contribution in [0.15, 0.2) is 30.3 Å². The van der Waals surface area contributed by atoms with Crippen LogP contribution < -0.4 is 10.6 Å². The summed E-state index contributed by atoms with van der Waals surface area (Å²) in [6.07, 6.45) is 2.59. The Morgan fingerprint density at radius 3 is 2.45 bits per heavy atom. The SMILES string of the molecule is CN1C(=O)CN(S(C)(=O)=O)CC1(C)C(=O)NCC(=O)NCCCc1ccccc1. The Hall–Kier alpha value is -2.46. The van der Waals surface area contributed by atoms with E-state index in [-0.39, 0.29) is 25.5 Å².